The summed E-state index contributed by atoms with van der Waals surface area (Å²) < 4.78 is 4.99. The molecule has 0 saturated carbocycles. The summed E-state index contributed by atoms with van der Waals surface area (Å²) in [5.41, 5.74) is 1.37. The van der Waals surface area contributed by atoms with Crippen molar-refractivity contribution < 1.29 is 14.3 Å². The predicted octanol–water partition coefficient (Wildman–Crippen LogP) is 1.32. The van der Waals surface area contributed by atoms with Gasteiger partial charge >= 0.3 is 0 Å². The summed E-state index contributed by atoms with van der Waals surface area (Å²) in [6.45, 7) is 2.67. The molecule has 0 bridgehead atoms. The summed E-state index contributed by atoms with van der Waals surface area (Å²) in [7, 11) is 1.58. The van der Waals surface area contributed by atoms with Gasteiger partial charge in [-0.1, -0.05) is 30.3 Å². The Kier molecular flexibility index (Phi) is 5.66. The summed E-state index contributed by atoms with van der Waals surface area (Å²) in [6.07, 6.45) is 0.674. The molecule has 0 fully saturated rings. The van der Waals surface area contributed by atoms with E-state index in [1.54, 1.807) is 7.11 Å². The molecule has 1 aromatic rings. The van der Waals surface area contributed by atoms with Crippen LogP contribution in [0.15, 0.2) is 35.4 Å². The molecule has 0 radical (unpaired) electrons. The second-order valence-corrected chi connectivity index (χ2v) is 5.31. The maximum absolute atomic E-state index is 12.2. The second kappa shape index (κ2) is 7.70. The number of nitrogens with one attached hydrogen (secondary N) is 1. The van der Waals surface area contributed by atoms with Gasteiger partial charge in [-0.05, 0) is 12.5 Å². The molecule has 2 amide bonds. The fourth-order valence-corrected chi connectivity index (χ4v) is 2.24. The van der Waals surface area contributed by atoms with Crippen LogP contribution in [0.2, 0.25) is 0 Å². The van der Waals surface area contributed by atoms with Crippen molar-refractivity contribution >= 4 is 17.5 Å². The summed E-state index contributed by atoms with van der Waals surface area (Å²) in [5, 5.41) is 8.41. The van der Waals surface area contributed by atoms with E-state index in [-0.39, 0.29) is 17.9 Å². The molecular weight excluding hydrogens is 282 g/mol. The lowest BCUT2D eigenvalue weighted by molar-refractivity contribution is -0.132. The molecule has 0 spiro atoms. The second-order valence-electron chi connectivity index (χ2n) is 5.31. The normalized spacial score (nSPS) is 16.2. The minimum absolute atomic E-state index is 0.0645. The zero-order valence-corrected chi connectivity index (χ0v) is 12.9. The molecule has 0 aromatic heterocycles. The number of nitrogens with zero attached hydrogens (tertiary/aromatic N) is 2. The number of hydrogen-bond donors (Lipinski definition) is 1. The Morgan fingerprint density at radius 1 is 1.36 bits per heavy atom. The van der Waals surface area contributed by atoms with Crippen molar-refractivity contribution in [3.8, 4) is 0 Å². The minimum Gasteiger partial charge on any atom is -0.383 e. The molecule has 0 unspecified atom stereocenters. The highest BCUT2D eigenvalue weighted by Gasteiger charge is 2.25. The Balaban J connectivity index is 2.04. The van der Waals surface area contributed by atoms with Crippen LogP contribution in [-0.2, 0) is 20.9 Å². The molecule has 0 aliphatic carbocycles. The van der Waals surface area contributed by atoms with Gasteiger partial charge in [-0.2, -0.15) is 5.10 Å². The van der Waals surface area contributed by atoms with E-state index in [1.807, 2.05) is 37.3 Å². The maximum atomic E-state index is 12.2. The standard InChI is InChI=1S/C16H21N3O3/c1-12(11-22-2)17-16(21)14-8-9-15(20)19(18-14)10-13-6-4-3-5-7-13/h3-7,12H,8-11H2,1-2H3,(H,17,21)/t12-/m0/s1. The van der Waals surface area contributed by atoms with Crippen molar-refractivity contribution in [2.45, 2.75) is 32.4 Å². The van der Waals surface area contributed by atoms with Gasteiger partial charge in [-0.3, -0.25) is 9.59 Å². The lowest BCUT2D eigenvalue weighted by Gasteiger charge is -2.24. The van der Waals surface area contributed by atoms with Crippen LogP contribution in [0.1, 0.15) is 25.3 Å². The highest BCUT2D eigenvalue weighted by Crippen LogP contribution is 2.13. The molecule has 2 rings (SSSR count). The van der Waals surface area contributed by atoms with Gasteiger partial charge in [-0.15, -0.1) is 0 Å². The number of benzene rings is 1. The zero-order chi connectivity index (χ0) is 15.9. The Morgan fingerprint density at radius 3 is 2.77 bits per heavy atom. The van der Waals surface area contributed by atoms with Gasteiger partial charge in [0.2, 0.25) is 5.91 Å². The first-order valence-corrected chi connectivity index (χ1v) is 7.31. The summed E-state index contributed by atoms with van der Waals surface area (Å²) in [6, 6.07) is 9.50. The predicted molar refractivity (Wildman–Crippen MR) is 83.1 cm³/mol. The molecule has 1 aromatic carbocycles. The van der Waals surface area contributed by atoms with Gasteiger partial charge in [0.15, 0.2) is 0 Å². The Labute approximate surface area is 130 Å². The number of methoxy groups -OCH3 is 1. The number of hydrazone groups is 1. The Morgan fingerprint density at radius 2 is 2.09 bits per heavy atom. The van der Waals surface area contributed by atoms with Crippen LogP contribution >= 0.6 is 0 Å². The van der Waals surface area contributed by atoms with Gasteiger partial charge < -0.3 is 10.1 Å². The molecule has 1 N–H and O–H groups in total. The molecular formula is C16H21N3O3. The average molecular weight is 303 g/mol. The average Bonchev–Trinajstić information content (AvgIpc) is 2.50. The van der Waals surface area contributed by atoms with E-state index >= 15 is 0 Å². The van der Waals surface area contributed by atoms with Crippen LogP contribution < -0.4 is 5.32 Å². The van der Waals surface area contributed by atoms with Crippen LogP contribution in [0, 0.1) is 0 Å². The largest absolute Gasteiger partial charge is 0.383 e. The van der Waals surface area contributed by atoms with E-state index in [0.717, 1.165) is 5.56 Å². The van der Waals surface area contributed by atoms with Crippen molar-refractivity contribution in [2.24, 2.45) is 5.10 Å². The summed E-state index contributed by atoms with van der Waals surface area (Å²) in [4.78, 5) is 24.1. The summed E-state index contributed by atoms with van der Waals surface area (Å²) >= 11 is 0. The fourth-order valence-electron chi connectivity index (χ4n) is 2.24. The highest BCUT2D eigenvalue weighted by molar-refractivity contribution is 6.39. The van der Waals surface area contributed by atoms with Gasteiger partial charge in [0.1, 0.15) is 5.71 Å². The van der Waals surface area contributed by atoms with E-state index in [1.165, 1.54) is 5.01 Å². The first kappa shape index (κ1) is 16.2. The molecule has 1 atom stereocenters. The Bertz CT molecular complexity index is 557. The Hall–Kier alpha value is -2.21. The summed E-state index contributed by atoms with van der Waals surface area (Å²) in [5.74, 6) is -0.305. The highest BCUT2D eigenvalue weighted by atomic mass is 16.5. The third kappa shape index (κ3) is 4.39. The first-order chi connectivity index (χ1) is 10.6. The van der Waals surface area contributed by atoms with E-state index < -0.39 is 0 Å². The van der Waals surface area contributed by atoms with Crippen molar-refractivity contribution in [1.82, 2.24) is 10.3 Å². The quantitative estimate of drug-likeness (QED) is 0.861. The van der Waals surface area contributed by atoms with Gasteiger partial charge in [0.05, 0.1) is 13.2 Å². The molecule has 1 heterocycles. The molecule has 6 heteroatoms. The van der Waals surface area contributed by atoms with E-state index in [2.05, 4.69) is 10.4 Å². The van der Waals surface area contributed by atoms with Crippen LogP contribution in [-0.4, -0.2) is 42.3 Å². The molecule has 6 nitrogen and oxygen atoms in total. The monoisotopic (exact) mass is 303 g/mol. The topological polar surface area (TPSA) is 71.0 Å². The molecule has 1 aliphatic rings. The third-order valence-electron chi connectivity index (χ3n) is 3.34. The van der Waals surface area contributed by atoms with Crippen LogP contribution in [0.25, 0.3) is 0 Å². The van der Waals surface area contributed by atoms with Crippen molar-refractivity contribution in [3.63, 3.8) is 0 Å². The first-order valence-electron chi connectivity index (χ1n) is 7.31. The van der Waals surface area contributed by atoms with Crippen LogP contribution in [0.5, 0.6) is 0 Å². The van der Waals surface area contributed by atoms with Crippen molar-refractivity contribution in [3.05, 3.63) is 35.9 Å². The molecule has 0 saturated heterocycles. The smallest absolute Gasteiger partial charge is 0.267 e. The number of ether oxygens (including phenoxy) is 1. The maximum Gasteiger partial charge on any atom is 0.267 e. The zero-order valence-electron chi connectivity index (χ0n) is 12.9. The lowest BCUT2D eigenvalue weighted by atomic mass is 10.1. The van der Waals surface area contributed by atoms with Crippen molar-refractivity contribution in [1.29, 1.82) is 0 Å². The van der Waals surface area contributed by atoms with Crippen LogP contribution in [0.4, 0.5) is 0 Å². The number of amides is 2. The van der Waals surface area contributed by atoms with E-state index in [0.29, 0.717) is 31.7 Å². The van der Waals surface area contributed by atoms with E-state index in [4.69, 9.17) is 4.74 Å². The minimum atomic E-state index is -0.241. The van der Waals surface area contributed by atoms with Crippen LogP contribution in [0.3, 0.4) is 0 Å². The van der Waals surface area contributed by atoms with Gasteiger partial charge in [0.25, 0.3) is 5.91 Å². The van der Waals surface area contributed by atoms with Gasteiger partial charge in [-0.25, -0.2) is 5.01 Å². The SMILES string of the molecule is COC[C@H](C)NC(=O)C1=NN(Cc2ccccc2)C(=O)CC1. The van der Waals surface area contributed by atoms with Crippen molar-refractivity contribution in [2.75, 3.05) is 13.7 Å². The third-order valence-corrected chi connectivity index (χ3v) is 3.34. The molecule has 118 valence electrons. The molecule has 22 heavy (non-hydrogen) atoms. The van der Waals surface area contributed by atoms with Gasteiger partial charge in [0, 0.05) is 26.0 Å². The number of carbonyl (C=O) groups is 2. The number of rotatable bonds is 6. The van der Waals surface area contributed by atoms with E-state index in [9.17, 15) is 9.59 Å². The molecule has 1 aliphatic heterocycles. The number of carbonyl (C=O) groups excluding carboxylic acids is 2. The lowest BCUT2D eigenvalue weighted by Crippen LogP contribution is -2.43. The number of hydrogen-bond acceptors (Lipinski definition) is 4. The fraction of sp³-hybridized carbons (Fsp3) is 0.438.